The summed E-state index contributed by atoms with van der Waals surface area (Å²) in [5, 5.41) is 9.68. The fourth-order valence-corrected chi connectivity index (χ4v) is 5.20. The van der Waals surface area contributed by atoms with Crippen LogP contribution in [0.1, 0.15) is 53.2 Å². The Bertz CT molecular complexity index is 668. The van der Waals surface area contributed by atoms with Gasteiger partial charge in [0.05, 0.1) is 5.69 Å². The van der Waals surface area contributed by atoms with Gasteiger partial charge in [0.25, 0.3) is 5.91 Å². The monoisotopic (exact) mass is 351 g/mol. The van der Waals surface area contributed by atoms with Crippen molar-refractivity contribution in [3.05, 3.63) is 28.1 Å². The number of thioether (sulfide) groups is 1. The zero-order valence-corrected chi connectivity index (χ0v) is 15.2. The molecule has 0 atom stereocenters. The summed E-state index contributed by atoms with van der Waals surface area (Å²) in [4.78, 5) is 16.9. The fourth-order valence-electron chi connectivity index (χ4n) is 2.92. The van der Waals surface area contributed by atoms with Gasteiger partial charge in [0, 0.05) is 22.4 Å². The molecule has 0 aromatic carbocycles. The molecule has 1 fully saturated rings. The number of amides is 1. The smallest absolute Gasteiger partial charge is 0.257 e. The number of nitrogens with zero attached hydrogens (tertiary/aromatic N) is 2. The summed E-state index contributed by atoms with van der Waals surface area (Å²) in [5.74, 6) is 0.524. The first-order valence-electron chi connectivity index (χ1n) is 7.85. The first-order valence-corrected chi connectivity index (χ1v) is 9.61. The van der Waals surface area contributed by atoms with Crippen LogP contribution in [0.3, 0.4) is 0 Å². The number of thiazole rings is 1. The third-order valence-corrected chi connectivity index (χ3v) is 6.56. The third-order valence-electron chi connectivity index (χ3n) is 4.14. The molecule has 5 nitrogen and oxygen atoms in total. The summed E-state index contributed by atoms with van der Waals surface area (Å²) in [6.45, 7) is 5.61. The highest BCUT2D eigenvalue weighted by Crippen LogP contribution is 2.35. The van der Waals surface area contributed by atoms with Crippen LogP contribution < -0.4 is 5.32 Å². The van der Waals surface area contributed by atoms with Gasteiger partial charge in [-0.3, -0.25) is 4.79 Å². The van der Waals surface area contributed by atoms with Gasteiger partial charge in [-0.15, -0.1) is 11.3 Å². The van der Waals surface area contributed by atoms with Gasteiger partial charge in [-0.05, 0) is 46.5 Å². The molecule has 7 heteroatoms. The Kier molecular flexibility index (Phi) is 5.06. The Morgan fingerprint density at radius 2 is 2.04 bits per heavy atom. The van der Waals surface area contributed by atoms with E-state index in [9.17, 15) is 4.79 Å². The quantitative estimate of drug-likeness (QED) is 0.905. The van der Waals surface area contributed by atoms with Crippen LogP contribution in [-0.2, 0) is 0 Å². The molecule has 0 radical (unpaired) electrons. The molecule has 1 amide bonds. The molecule has 0 aliphatic heterocycles. The van der Waals surface area contributed by atoms with Crippen LogP contribution in [0.25, 0.3) is 0 Å². The molecule has 1 aliphatic carbocycles. The van der Waals surface area contributed by atoms with E-state index in [0.717, 1.165) is 35.7 Å². The highest BCUT2D eigenvalue weighted by Gasteiger charge is 2.26. The second-order valence-electron chi connectivity index (χ2n) is 6.02. The highest BCUT2D eigenvalue weighted by atomic mass is 32.2. The van der Waals surface area contributed by atoms with Crippen LogP contribution in [-0.4, -0.2) is 27.3 Å². The van der Waals surface area contributed by atoms with Crippen LogP contribution >= 0.6 is 23.1 Å². The zero-order valence-electron chi connectivity index (χ0n) is 13.6. The van der Waals surface area contributed by atoms with Crippen molar-refractivity contribution in [1.82, 2.24) is 15.5 Å². The number of aryl methyl sites for hydroxylation is 3. The van der Waals surface area contributed by atoms with Crippen molar-refractivity contribution in [2.75, 3.05) is 0 Å². The summed E-state index contributed by atoms with van der Waals surface area (Å²) in [6.07, 6.45) is 4.24. The number of nitrogens with one attached hydrogen (secondary N) is 1. The van der Waals surface area contributed by atoms with E-state index in [2.05, 4.69) is 20.8 Å². The van der Waals surface area contributed by atoms with E-state index in [1.807, 2.05) is 18.7 Å². The average molecular weight is 351 g/mol. The van der Waals surface area contributed by atoms with Crippen molar-refractivity contribution in [2.45, 2.75) is 62.1 Å². The van der Waals surface area contributed by atoms with Crippen molar-refractivity contribution in [3.63, 3.8) is 0 Å². The Labute approximate surface area is 144 Å². The first-order chi connectivity index (χ1) is 11.0. The Hall–Kier alpha value is -1.34. The second kappa shape index (κ2) is 7.05. The van der Waals surface area contributed by atoms with Crippen LogP contribution in [0, 0.1) is 20.8 Å². The van der Waals surface area contributed by atoms with Crippen molar-refractivity contribution < 1.29 is 9.32 Å². The molecule has 0 spiro atoms. The van der Waals surface area contributed by atoms with Gasteiger partial charge in [0.2, 0.25) is 0 Å². The zero-order chi connectivity index (χ0) is 16.4. The Balaban J connectivity index is 1.50. The third kappa shape index (κ3) is 3.95. The maximum absolute atomic E-state index is 12.4. The minimum atomic E-state index is -0.0621. The molecule has 2 aromatic heterocycles. The lowest BCUT2D eigenvalue weighted by Crippen LogP contribution is -2.38. The molecule has 2 heterocycles. The first kappa shape index (κ1) is 16.5. The lowest BCUT2D eigenvalue weighted by atomic mass is 9.94. The number of carbonyl (C=O) groups excluding carboxylic acids is 1. The fraction of sp³-hybridized carbons (Fsp3) is 0.562. The van der Waals surface area contributed by atoms with Gasteiger partial charge in [-0.1, -0.05) is 16.9 Å². The molecular formula is C16H21N3O2S2. The maximum atomic E-state index is 12.4. The molecule has 1 saturated carbocycles. The molecule has 1 aliphatic rings. The van der Waals surface area contributed by atoms with Gasteiger partial charge in [0.1, 0.15) is 15.7 Å². The van der Waals surface area contributed by atoms with Crippen LogP contribution in [0.5, 0.6) is 0 Å². The molecule has 124 valence electrons. The minimum Gasteiger partial charge on any atom is -0.361 e. The predicted molar refractivity (Wildman–Crippen MR) is 92.2 cm³/mol. The molecule has 0 saturated heterocycles. The van der Waals surface area contributed by atoms with Crippen molar-refractivity contribution in [2.24, 2.45) is 0 Å². The Morgan fingerprint density at radius 1 is 1.30 bits per heavy atom. The summed E-state index contributed by atoms with van der Waals surface area (Å²) in [7, 11) is 0. The summed E-state index contributed by atoms with van der Waals surface area (Å²) >= 11 is 3.60. The molecule has 1 N–H and O–H groups in total. The maximum Gasteiger partial charge on any atom is 0.257 e. The van der Waals surface area contributed by atoms with E-state index < -0.39 is 0 Å². The van der Waals surface area contributed by atoms with E-state index in [-0.39, 0.29) is 11.9 Å². The van der Waals surface area contributed by atoms with Gasteiger partial charge in [-0.2, -0.15) is 0 Å². The number of carbonyl (C=O) groups is 1. The summed E-state index contributed by atoms with van der Waals surface area (Å²) in [5.41, 5.74) is 2.33. The van der Waals surface area contributed by atoms with Crippen molar-refractivity contribution >= 4 is 29.0 Å². The SMILES string of the molecule is Cc1csc(SC2CCC(NC(=O)c3c(C)noc3C)CC2)n1. The van der Waals surface area contributed by atoms with Crippen molar-refractivity contribution in [3.8, 4) is 0 Å². The van der Waals surface area contributed by atoms with Crippen LogP contribution in [0.15, 0.2) is 14.2 Å². The van der Waals surface area contributed by atoms with Gasteiger partial charge >= 0.3 is 0 Å². The van der Waals surface area contributed by atoms with E-state index in [1.165, 1.54) is 0 Å². The topological polar surface area (TPSA) is 68.0 Å². The Morgan fingerprint density at radius 3 is 2.61 bits per heavy atom. The summed E-state index contributed by atoms with van der Waals surface area (Å²) in [6, 6.07) is 0.242. The molecule has 23 heavy (non-hydrogen) atoms. The molecule has 3 rings (SSSR count). The van der Waals surface area contributed by atoms with E-state index in [0.29, 0.717) is 22.3 Å². The lowest BCUT2D eigenvalue weighted by molar-refractivity contribution is 0.0926. The second-order valence-corrected chi connectivity index (χ2v) is 8.42. The standard InChI is InChI=1S/C16H21N3O2S2/c1-9-8-22-16(17-9)23-13-6-4-12(5-7-13)18-15(20)14-10(2)19-21-11(14)3/h8,12-13H,4-7H2,1-3H3,(H,18,20). The average Bonchev–Trinajstić information content (AvgIpc) is 3.07. The molecule has 0 unspecified atom stereocenters. The van der Waals surface area contributed by atoms with Crippen LogP contribution in [0.2, 0.25) is 0 Å². The highest BCUT2D eigenvalue weighted by molar-refractivity contribution is 8.01. The van der Waals surface area contributed by atoms with Gasteiger partial charge in [0.15, 0.2) is 0 Å². The van der Waals surface area contributed by atoms with E-state index in [4.69, 9.17) is 4.52 Å². The summed E-state index contributed by atoms with van der Waals surface area (Å²) < 4.78 is 6.23. The molecule has 0 bridgehead atoms. The normalized spacial score (nSPS) is 21.3. The lowest BCUT2D eigenvalue weighted by Gasteiger charge is -2.28. The number of aromatic nitrogens is 2. The molecule has 2 aromatic rings. The van der Waals surface area contributed by atoms with Crippen molar-refractivity contribution in [1.29, 1.82) is 0 Å². The minimum absolute atomic E-state index is 0.0621. The number of rotatable bonds is 4. The largest absolute Gasteiger partial charge is 0.361 e. The molecular weight excluding hydrogens is 330 g/mol. The number of hydrogen-bond acceptors (Lipinski definition) is 6. The van der Waals surface area contributed by atoms with E-state index >= 15 is 0 Å². The van der Waals surface area contributed by atoms with Gasteiger partial charge < -0.3 is 9.84 Å². The number of hydrogen-bond donors (Lipinski definition) is 1. The van der Waals surface area contributed by atoms with E-state index in [1.54, 1.807) is 25.2 Å². The van der Waals surface area contributed by atoms with Crippen LogP contribution in [0.4, 0.5) is 0 Å². The predicted octanol–water partition coefficient (Wildman–Crippen LogP) is 3.89. The van der Waals surface area contributed by atoms with Gasteiger partial charge in [-0.25, -0.2) is 4.98 Å².